The first-order valence-corrected chi connectivity index (χ1v) is 8.73. The third-order valence-corrected chi connectivity index (χ3v) is 5.52. The highest BCUT2D eigenvalue weighted by Gasteiger charge is 2.58. The predicted molar refractivity (Wildman–Crippen MR) is 93.4 cm³/mol. The van der Waals surface area contributed by atoms with E-state index in [1.165, 1.54) is 0 Å². The summed E-state index contributed by atoms with van der Waals surface area (Å²) in [5.41, 5.74) is -6.02. The molecule has 2 atom stereocenters. The second-order valence-corrected chi connectivity index (χ2v) is 7.29. The number of benzene rings is 2. The monoisotopic (exact) mass is 469 g/mol. The number of nitrogens with one attached hydrogen (secondary N) is 1. The van der Waals surface area contributed by atoms with Crippen molar-refractivity contribution in [1.29, 1.82) is 5.41 Å². The first-order chi connectivity index (χ1) is 14.3. The Balaban J connectivity index is 2.48. The van der Waals surface area contributed by atoms with Crippen molar-refractivity contribution in [2.24, 2.45) is 0 Å². The molecule has 1 aliphatic heterocycles. The first kappa shape index (κ1) is 22.8. The van der Waals surface area contributed by atoms with Crippen LogP contribution in [0.4, 0.5) is 35.2 Å². The Morgan fingerprint density at radius 3 is 2.00 bits per heavy atom. The van der Waals surface area contributed by atoms with Crippen molar-refractivity contribution in [2.75, 3.05) is 7.05 Å². The van der Waals surface area contributed by atoms with Crippen LogP contribution in [0.3, 0.4) is 0 Å². The maximum absolute atomic E-state index is 15.2. The largest absolute Gasteiger partial charge is 0.283 e. The molecule has 1 heterocycles. The lowest BCUT2D eigenvalue weighted by Crippen LogP contribution is -2.62. The molecule has 0 saturated carbocycles. The fourth-order valence-corrected chi connectivity index (χ4v) is 3.79. The van der Waals surface area contributed by atoms with Crippen LogP contribution in [-0.2, 0) is 10.3 Å². The van der Waals surface area contributed by atoms with Gasteiger partial charge in [0.1, 0.15) is 28.8 Å². The second-order valence-electron chi connectivity index (χ2n) is 6.84. The Kier molecular flexibility index (Phi) is 5.45. The summed E-state index contributed by atoms with van der Waals surface area (Å²) in [5, 5.41) is 7.01. The van der Waals surface area contributed by atoms with Gasteiger partial charge in [-0.3, -0.25) is 15.1 Å². The van der Waals surface area contributed by atoms with Gasteiger partial charge in [0.25, 0.3) is 0 Å². The highest BCUT2D eigenvalue weighted by atomic mass is 32.1. The van der Waals surface area contributed by atoms with Crippen molar-refractivity contribution in [3.8, 4) is 0 Å². The van der Waals surface area contributed by atoms with Crippen LogP contribution in [0, 0.1) is 46.1 Å². The number of hydrogen-bond acceptors (Lipinski definition) is 3. The summed E-state index contributed by atoms with van der Waals surface area (Å²) in [7, 11) is 0.804. The number of amides is 1. The van der Waals surface area contributed by atoms with Crippen molar-refractivity contribution < 1.29 is 40.0 Å². The fraction of sp³-hybridized carbons (Fsp3) is 0.222. The van der Waals surface area contributed by atoms with E-state index in [0.717, 1.165) is 7.05 Å². The van der Waals surface area contributed by atoms with E-state index in [1.807, 2.05) is 0 Å². The third-order valence-electron chi connectivity index (χ3n) is 5.13. The Labute approximate surface area is 174 Å². The molecule has 0 aromatic heterocycles. The molecule has 1 amide bonds. The van der Waals surface area contributed by atoms with Crippen LogP contribution >= 0.6 is 12.6 Å². The normalized spacial score (nSPS) is 21.8. The van der Waals surface area contributed by atoms with Gasteiger partial charge >= 0.3 is 0 Å². The fourth-order valence-electron chi connectivity index (χ4n) is 3.57. The van der Waals surface area contributed by atoms with Gasteiger partial charge in [-0.2, -0.15) is 5.12 Å². The van der Waals surface area contributed by atoms with Crippen molar-refractivity contribution in [3.05, 3.63) is 64.0 Å². The molecule has 0 bridgehead atoms. The summed E-state index contributed by atoms with van der Waals surface area (Å²) in [6.07, 6.45) is 0. The SMILES string of the molecule is CN1C(=N)N(F)[C@](C)(c2c(F)cc(F)cc2F)[C@@H](c2c(F)c(F)c(F)c(S)c2F)C1=O. The molecule has 0 unspecified atom stereocenters. The lowest BCUT2D eigenvalue weighted by molar-refractivity contribution is -0.145. The van der Waals surface area contributed by atoms with Crippen molar-refractivity contribution >= 4 is 24.5 Å². The van der Waals surface area contributed by atoms with Gasteiger partial charge in [-0.1, -0.05) is 4.48 Å². The zero-order valence-electron chi connectivity index (χ0n) is 15.5. The molecule has 166 valence electrons. The van der Waals surface area contributed by atoms with E-state index >= 15 is 4.48 Å². The van der Waals surface area contributed by atoms with Gasteiger partial charge in [-0.15, -0.1) is 12.6 Å². The molecule has 4 nitrogen and oxygen atoms in total. The van der Waals surface area contributed by atoms with Crippen molar-refractivity contribution in [1.82, 2.24) is 10.0 Å². The van der Waals surface area contributed by atoms with Crippen molar-refractivity contribution in [2.45, 2.75) is 23.3 Å². The molecule has 0 spiro atoms. The summed E-state index contributed by atoms with van der Waals surface area (Å²) in [6, 6.07) is 0.228. The molecule has 1 fully saturated rings. The number of thiol groups is 1. The van der Waals surface area contributed by atoms with Gasteiger partial charge in [0.15, 0.2) is 17.5 Å². The van der Waals surface area contributed by atoms with Crippen LogP contribution in [0.2, 0.25) is 0 Å². The van der Waals surface area contributed by atoms with Gasteiger partial charge in [0, 0.05) is 24.7 Å². The number of hydrogen-bond donors (Lipinski definition) is 2. The van der Waals surface area contributed by atoms with Crippen LogP contribution in [0.1, 0.15) is 24.0 Å². The maximum Gasteiger partial charge on any atom is 0.239 e. The molecular formula is C18H11F8N3OS. The topological polar surface area (TPSA) is 47.4 Å². The Hall–Kier alpha value is -2.83. The van der Waals surface area contributed by atoms with E-state index in [-0.39, 0.29) is 17.0 Å². The molecule has 3 rings (SSSR count). The molecule has 1 saturated heterocycles. The lowest BCUT2D eigenvalue weighted by atomic mass is 9.72. The van der Waals surface area contributed by atoms with E-state index < -0.39 is 85.2 Å². The van der Waals surface area contributed by atoms with Gasteiger partial charge < -0.3 is 0 Å². The van der Waals surface area contributed by atoms with Crippen LogP contribution in [0.25, 0.3) is 0 Å². The lowest BCUT2D eigenvalue weighted by Gasteiger charge is -2.48. The summed E-state index contributed by atoms with van der Waals surface area (Å²) >= 11 is 3.38. The number of nitrogens with zero attached hydrogens (tertiary/aromatic N) is 2. The maximum atomic E-state index is 15.2. The molecule has 2 aromatic carbocycles. The smallest absolute Gasteiger partial charge is 0.239 e. The number of likely N-dealkylation sites (N-methyl/N-ethyl adjacent to an activating group) is 1. The van der Waals surface area contributed by atoms with Gasteiger partial charge in [0.05, 0.1) is 16.4 Å². The number of carbonyl (C=O) groups excluding carboxylic acids is 1. The minimum atomic E-state index is -3.06. The highest BCUT2D eigenvalue weighted by Crippen LogP contribution is 2.50. The highest BCUT2D eigenvalue weighted by molar-refractivity contribution is 7.80. The van der Waals surface area contributed by atoms with E-state index in [0.29, 0.717) is 6.92 Å². The molecule has 2 aromatic rings. The molecule has 13 heteroatoms. The number of carbonyl (C=O) groups is 1. The van der Waals surface area contributed by atoms with Crippen molar-refractivity contribution in [3.63, 3.8) is 0 Å². The summed E-state index contributed by atoms with van der Waals surface area (Å²) in [4.78, 5) is 11.7. The Morgan fingerprint density at radius 1 is 0.968 bits per heavy atom. The van der Waals surface area contributed by atoms with E-state index in [4.69, 9.17) is 5.41 Å². The average Bonchev–Trinajstić information content (AvgIpc) is 2.69. The molecule has 0 radical (unpaired) electrons. The van der Waals surface area contributed by atoms with E-state index in [9.17, 15) is 35.5 Å². The molecule has 1 aliphatic rings. The van der Waals surface area contributed by atoms with Crippen LogP contribution in [-0.4, -0.2) is 28.9 Å². The van der Waals surface area contributed by atoms with Gasteiger partial charge in [-0.05, 0) is 6.92 Å². The molecule has 0 aliphatic carbocycles. The first-order valence-electron chi connectivity index (χ1n) is 8.28. The van der Waals surface area contributed by atoms with E-state index in [1.54, 1.807) is 0 Å². The van der Waals surface area contributed by atoms with Gasteiger partial charge in [0.2, 0.25) is 11.9 Å². The minimum absolute atomic E-state index is 0.114. The second kappa shape index (κ2) is 7.39. The van der Waals surface area contributed by atoms with Gasteiger partial charge in [-0.25, -0.2) is 30.7 Å². The Bertz CT molecular complexity index is 1090. The molecule has 1 N–H and O–H groups in total. The zero-order chi connectivity index (χ0) is 23.6. The number of guanidine groups is 1. The molecular weight excluding hydrogens is 458 g/mol. The Morgan fingerprint density at radius 2 is 1.48 bits per heavy atom. The van der Waals surface area contributed by atoms with Crippen LogP contribution in [0.5, 0.6) is 0 Å². The molecule has 31 heavy (non-hydrogen) atoms. The minimum Gasteiger partial charge on any atom is -0.283 e. The summed E-state index contributed by atoms with van der Waals surface area (Å²) < 4.78 is 115. The average molecular weight is 469 g/mol. The summed E-state index contributed by atoms with van der Waals surface area (Å²) in [5.74, 6) is -18.8. The summed E-state index contributed by atoms with van der Waals surface area (Å²) in [6.45, 7) is 0.592. The quantitative estimate of drug-likeness (QED) is 0.223. The third kappa shape index (κ3) is 3.05. The van der Waals surface area contributed by atoms with Crippen LogP contribution < -0.4 is 0 Å². The number of halogens is 8. The standard InChI is InChI=1S/C18H11F8N3OS/c1-18(9-6(20)3-5(19)4-7(9)21)10(16(30)28(2)17(27)29(18)26)8-11(22)13(24)14(25)15(31)12(8)23/h3-4,10,27,31H,1-2H3/t10-,18+/m0/s1. The van der Waals surface area contributed by atoms with Crippen LogP contribution in [0.15, 0.2) is 17.0 Å². The van der Waals surface area contributed by atoms with E-state index in [2.05, 4.69) is 12.6 Å². The number of rotatable bonds is 2. The predicted octanol–water partition coefficient (Wildman–Crippen LogP) is 4.54. The zero-order valence-corrected chi connectivity index (χ0v) is 16.4.